The van der Waals surface area contributed by atoms with Crippen LogP contribution in [0.5, 0.6) is 5.75 Å². The maximum Gasteiger partial charge on any atom is 0.416 e. The second-order valence-electron chi connectivity index (χ2n) is 4.90. The third kappa shape index (κ3) is 4.49. The minimum Gasteiger partial charge on any atom is -0.508 e. The number of allylic oxidation sites excluding steroid dienone is 2. The molecule has 0 aliphatic rings. The fraction of sp³-hybridized carbons (Fsp3) is 0.0556. The van der Waals surface area contributed by atoms with Crippen LogP contribution < -0.4 is 0 Å². The molecule has 0 aliphatic carbocycles. The lowest BCUT2D eigenvalue weighted by Crippen LogP contribution is -2.04. The summed E-state index contributed by atoms with van der Waals surface area (Å²) < 4.78 is 38.0. The summed E-state index contributed by atoms with van der Waals surface area (Å²) in [5, 5.41) is 18.2. The molecule has 2 aromatic rings. The van der Waals surface area contributed by atoms with E-state index in [-0.39, 0.29) is 5.75 Å². The van der Waals surface area contributed by atoms with Crippen molar-refractivity contribution in [2.45, 2.75) is 6.18 Å². The van der Waals surface area contributed by atoms with E-state index in [1.54, 1.807) is 12.1 Å². The van der Waals surface area contributed by atoms with Gasteiger partial charge in [-0.2, -0.15) is 13.2 Å². The fourth-order valence-electron chi connectivity index (χ4n) is 2.10. The Balaban J connectivity index is 2.48. The average molecular weight is 334 g/mol. The number of benzene rings is 2. The van der Waals surface area contributed by atoms with Crippen LogP contribution in [0, 0.1) is 0 Å². The molecule has 0 saturated heterocycles. The van der Waals surface area contributed by atoms with Crippen LogP contribution in [0.15, 0.2) is 66.8 Å². The smallest absolute Gasteiger partial charge is 0.416 e. The van der Waals surface area contributed by atoms with Crippen LogP contribution in [0.25, 0.3) is 5.57 Å². The van der Waals surface area contributed by atoms with Gasteiger partial charge in [0.25, 0.3) is 0 Å². The number of aliphatic carboxylic acids is 1. The molecular weight excluding hydrogens is 321 g/mol. The van der Waals surface area contributed by atoms with Gasteiger partial charge in [0.2, 0.25) is 0 Å². The van der Waals surface area contributed by atoms with Gasteiger partial charge in [-0.1, -0.05) is 36.4 Å². The van der Waals surface area contributed by atoms with E-state index < -0.39 is 17.7 Å². The third-order valence-electron chi connectivity index (χ3n) is 3.18. The zero-order valence-corrected chi connectivity index (χ0v) is 12.3. The molecule has 124 valence electrons. The van der Waals surface area contributed by atoms with Gasteiger partial charge in [0.05, 0.1) is 5.56 Å². The summed E-state index contributed by atoms with van der Waals surface area (Å²) in [5.74, 6) is -1.15. The number of phenols is 1. The molecule has 2 N–H and O–H groups in total. The van der Waals surface area contributed by atoms with Gasteiger partial charge in [-0.3, -0.25) is 0 Å². The molecule has 0 amide bonds. The predicted molar refractivity (Wildman–Crippen MR) is 83.4 cm³/mol. The number of carbonyl (C=O) groups is 1. The molecule has 0 radical (unpaired) electrons. The first-order valence-corrected chi connectivity index (χ1v) is 6.86. The maximum atomic E-state index is 12.7. The Labute approximate surface area is 136 Å². The van der Waals surface area contributed by atoms with E-state index in [2.05, 4.69) is 0 Å². The van der Waals surface area contributed by atoms with Crippen LogP contribution in [-0.4, -0.2) is 16.2 Å². The summed E-state index contributed by atoms with van der Waals surface area (Å²) in [6.07, 6.45) is -0.783. The van der Waals surface area contributed by atoms with Gasteiger partial charge in [0.15, 0.2) is 0 Å². The van der Waals surface area contributed by atoms with Crippen molar-refractivity contribution in [3.63, 3.8) is 0 Å². The van der Waals surface area contributed by atoms with E-state index in [1.807, 2.05) is 0 Å². The van der Waals surface area contributed by atoms with Gasteiger partial charge in [-0.05, 0) is 41.0 Å². The SMILES string of the molecule is O=C(O)C=CC=C(c1ccc(C(F)(F)F)cc1)c1cccc(O)c1. The fourth-order valence-corrected chi connectivity index (χ4v) is 2.10. The van der Waals surface area contributed by atoms with Crippen molar-refractivity contribution >= 4 is 11.5 Å². The molecule has 0 bridgehead atoms. The highest BCUT2D eigenvalue weighted by Gasteiger charge is 2.30. The number of halogens is 3. The van der Waals surface area contributed by atoms with E-state index in [9.17, 15) is 23.1 Å². The highest BCUT2D eigenvalue weighted by atomic mass is 19.4. The maximum absolute atomic E-state index is 12.7. The lowest BCUT2D eigenvalue weighted by molar-refractivity contribution is -0.137. The Morgan fingerprint density at radius 1 is 1.00 bits per heavy atom. The Morgan fingerprint density at radius 3 is 2.21 bits per heavy atom. The first-order valence-electron chi connectivity index (χ1n) is 6.86. The number of phenolic OH excluding ortho intramolecular Hbond substituents is 1. The standard InChI is InChI=1S/C18H13F3O3/c19-18(20,21)14-9-7-12(8-10-14)16(5-2-6-17(23)24)13-3-1-4-15(22)11-13/h1-11,22H,(H,23,24). The third-order valence-corrected chi connectivity index (χ3v) is 3.18. The lowest BCUT2D eigenvalue weighted by Gasteiger charge is -2.11. The molecule has 0 aliphatic heterocycles. The highest BCUT2D eigenvalue weighted by molar-refractivity contribution is 5.84. The summed E-state index contributed by atoms with van der Waals surface area (Å²) in [5.41, 5.74) is 0.716. The van der Waals surface area contributed by atoms with Gasteiger partial charge in [0.1, 0.15) is 5.75 Å². The molecule has 0 saturated carbocycles. The normalized spacial score (nSPS) is 12.5. The molecule has 0 fully saturated rings. The summed E-state index contributed by atoms with van der Waals surface area (Å²) in [7, 11) is 0. The first kappa shape index (κ1) is 17.3. The number of rotatable bonds is 4. The number of aromatic hydroxyl groups is 1. The highest BCUT2D eigenvalue weighted by Crippen LogP contribution is 2.32. The number of hydrogen-bond acceptors (Lipinski definition) is 2. The van der Waals surface area contributed by atoms with E-state index in [0.29, 0.717) is 16.7 Å². The Bertz CT molecular complexity index is 788. The predicted octanol–water partition coefficient (Wildman–Crippen LogP) is 4.48. The van der Waals surface area contributed by atoms with Crippen molar-refractivity contribution in [3.05, 3.63) is 83.4 Å². The van der Waals surface area contributed by atoms with Gasteiger partial charge in [-0.15, -0.1) is 0 Å². The van der Waals surface area contributed by atoms with Crippen molar-refractivity contribution in [2.75, 3.05) is 0 Å². The van der Waals surface area contributed by atoms with Gasteiger partial charge >= 0.3 is 12.1 Å². The zero-order valence-electron chi connectivity index (χ0n) is 12.3. The molecular formula is C18H13F3O3. The quantitative estimate of drug-likeness (QED) is 0.640. The van der Waals surface area contributed by atoms with E-state index >= 15 is 0 Å². The van der Waals surface area contributed by atoms with Crippen molar-refractivity contribution in [1.82, 2.24) is 0 Å². The van der Waals surface area contributed by atoms with Crippen LogP contribution >= 0.6 is 0 Å². The van der Waals surface area contributed by atoms with Crippen molar-refractivity contribution in [2.24, 2.45) is 0 Å². The summed E-state index contributed by atoms with van der Waals surface area (Å²) in [4.78, 5) is 10.6. The topological polar surface area (TPSA) is 57.5 Å². The average Bonchev–Trinajstić information content (AvgIpc) is 2.50. The van der Waals surface area contributed by atoms with E-state index in [4.69, 9.17) is 5.11 Å². The van der Waals surface area contributed by atoms with E-state index in [0.717, 1.165) is 18.2 Å². The molecule has 2 rings (SSSR count). The van der Waals surface area contributed by atoms with Crippen LogP contribution in [0.1, 0.15) is 16.7 Å². The van der Waals surface area contributed by atoms with Crippen LogP contribution in [-0.2, 0) is 11.0 Å². The van der Waals surface area contributed by atoms with Crippen LogP contribution in [0.4, 0.5) is 13.2 Å². The van der Waals surface area contributed by atoms with Crippen molar-refractivity contribution < 1.29 is 28.2 Å². The zero-order chi connectivity index (χ0) is 17.7. The van der Waals surface area contributed by atoms with Crippen molar-refractivity contribution in [1.29, 1.82) is 0 Å². The Hall–Kier alpha value is -3.02. The molecule has 3 nitrogen and oxygen atoms in total. The van der Waals surface area contributed by atoms with Crippen LogP contribution in [0.2, 0.25) is 0 Å². The number of hydrogen-bond donors (Lipinski definition) is 2. The second kappa shape index (κ2) is 7.04. The van der Waals surface area contributed by atoms with Gasteiger partial charge in [-0.25, -0.2) is 4.79 Å². The lowest BCUT2D eigenvalue weighted by atomic mass is 9.96. The molecule has 0 spiro atoms. The minimum absolute atomic E-state index is 0.00692. The van der Waals surface area contributed by atoms with E-state index in [1.165, 1.54) is 36.4 Å². The Kier molecular flexibility index (Phi) is 5.08. The molecule has 0 heterocycles. The number of carboxylic acid groups (broad SMARTS) is 1. The molecule has 6 heteroatoms. The molecule has 0 aromatic heterocycles. The largest absolute Gasteiger partial charge is 0.508 e. The van der Waals surface area contributed by atoms with Gasteiger partial charge in [0, 0.05) is 6.08 Å². The number of carboxylic acids is 1. The summed E-state index contributed by atoms with van der Waals surface area (Å²) in [6.45, 7) is 0. The van der Waals surface area contributed by atoms with Crippen LogP contribution in [0.3, 0.4) is 0 Å². The summed E-state index contributed by atoms with van der Waals surface area (Å²) >= 11 is 0. The minimum atomic E-state index is -4.43. The first-order chi connectivity index (χ1) is 11.3. The second-order valence-corrected chi connectivity index (χ2v) is 4.90. The number of alkyl halides is 3. The molecule has 0 atom stereocenters. The van der Waals surface area contributed by atoms with Crippen molar-refractivity contribution in [3.8, 4) is 5.75 Å². The molecule has 0 unspecified atom stereocenters. The van der Waals surface area contributed by atoms with Gasteiger partial charge < -0.3 is 10.2 Å². The molecule has 24 heavy (non-hydrogen) atoms. The monoisotopic (exact) mass is 334 g/mol. The summed E-state index contributed by atoms with van der Waals surface area (Å²) in [6, 6.07) is 10.7. The Morgan fingerprint density at radius 2 is 1.67 bits per heavy atom. The molecule has 2 aromatic carbocycles.